The Morgan fingerprint density at radius 2 is 2.00 bits per heavy atom. The first kappa shape index (κ1) is 10.8. The monoisotopic (exact) mass is 312 g/mol. The van der Waals surface area contributed by atoms with Gasteiger partial charge in [-0.3, -0.25) is 4.79 Å². The van der Waals surface area contributed by atoms with Crippen molar-refractivity contribution in [3.63, 3.8) is 0 Å². The molecule has 0 saturated carbocycles. The number of hydrogen-bond acceptors (Lipinski definition) is 1. The number of carbonyl (C=O) groups is 1. The van der Waals surface area contributed by atoms with E-state index in [0.717, 1.165) is 6.07 Å². The fourth-order valence-corrected chi connectivity index (χ4v) is 1.55. The fraction of sp³-hybridized carbons (Fsp3) is 0.125. The summed E-state index contributed by atoms with van der Waals surface area (Å²) in [4.78, 5) is 11.1. The highest BCUT2D eigenvalue weighted by Gasteiger charge is 2.12. The van der Waals surface area contributed by atoms with Gasteiger partial charge in [0, 0.05) is 5.56 Å². The molecule has 0 heterocycles. The second-order valence-electron chi connectivity index (χ2n) is 2.31. The summed E-state index contributed by atoms with van der Waals surface area (Å²) in [5.74, 6) is -2.30. The largest absolute Gasteiger partial charge is 0.293 e. The van der Waals surface area contributed by atoms with Crippen LogP contribution in [-0.4, -0.2) is 11.1 Å². The van der Waals surface area contributed by atoms with Gasteiger partial charge in [0.1, 0.15) is 0 Å². The first-order valence-corrected chi connectivity index (χ1v) is 5.21. The Bertz CT molecular complexity index is 329. The molecule has 70 valence electrons. The lowest BCUT2D eigenvalue weighted by Gasteiger charge is -2.00. The van der Waals surface area contributed by atoms with E-state index in [1.54, 1.807) is 0 Å². The minimum Gasteiger partial charge on any atom is -0.293 e. The zero-order chi connectivity index (χ0) is 10.0. The number of carbonyl (C=O) groups excluding carboxylic acids is 1. The maximum Gasteiger partial charge on any atom is 0.173 e. The Labute approximate surface area is 90.4 Å². The van der Waals surface area contributed by atoms with Crippen LogP contribution >= 0.6 is 31.9 Å². The van der Waals surface area contributed by atoms with Crippen LogP contribution in [0.1, 0.15) is 10.4 Å². The Morgan fingerprint density at radius 3 is 2.46 bits per heavy atom. The van der Waals surface area contributed by atoms with E-state index < -0.39 is 11.6 Å². The van der Waals surface area contributed by atoms with Gasteiger partial charge < -0.3 is 0 Å². The van der Waals surface area contributed by atoms with Crippen molar-refractivity contribution in [3.8, 4) is 0 Å². The molecule has 1 nitrogen and oxygen atoms in total. The summed E-state index contributed by atoms with van der Waals surface area (Å²) in [6, 6.07) is 2.13. The Kier molecular flexibility index (Phi) is 3.55. The number of benzene rings is 1. The molecule has 0 N–H and O–H groups in total. The molecule has 0 aliphatic carbocycles. The van der Waals surface area contributed by atoms with E-state index in [-0.39, 0.29) is 21.1 Å². The molecule has 0 atom stereocenters. The van der Waals surface area contributed by atoms with Crippen molar-refractivity contribution in [3.05, 3.63) is 33.8 Å². The van der Waals surface area contributed by atoms with Gasteiger partial charge in [-0.15, -0.1) is 0 Å². The summed E-state index contributed by atoms with van der Waals surface area (Å²) < 4.78 is 25.5. The molecule has 0 amide bonds. The molecular formula is C8H4Br2F2O. The Balaban J connectivity index is 3.20. The highest BCUT2D eigenvalue weighted by Crippen LogP contribution is 2.20. The van der Waals surface area contributed by atoms with Crippen LogP contribution in [0.25, 0.3) is 0 Å². The zero-order valence-corrected chi connectivity index (χ0v) is 9.45. The maximum absolute atomic E-state index is 12.8. The predicted octanol–water partition coefficient (Wildman–Crippen LogP) is 3.30. The zero-order valence-electron chi connectivity index (χ0n) is 6.28. The van der Waals surface area contributed by atoms with Crippen LogP contribution in [0.3, 0.4) is 0 Å². The molecular weight excluding hydrogens is 310 g/mol. The van der Waals surface area contributed by atoms with E-state index in [0.29, 0.717) is 0 Å². The van der Waals surface area contributed by atoms with Gasteiger partial charge >= 0.3 is 0 Å². The molecule has 0 aliphatic rings. The fourth-order valence-electron chi connectivity index (χ4n) is 0.794. The number of alkyl halides is 1. The van der Waals surface area contributed by atoms with Gasteiger partial charge in [0.15, 0.2) is 17.4 Å². The highest BCUT2D eigenvalue weighted by atomic mass is 79.9. The topological polar surface area (TPSA) is 17.1 Å². The first-order chi connectivity index (χ1) is 6.06. The molecule has 5 heteroatoms. The van der Waals surface area contributed by atoms with Gasteiger partial charge in [-0.2, -0.15) is 0 Å². The number of ketones is 1. The molecule has 0 radical (unpaired) electrons. The van der Waals surface area contributed by atoms with Crippen molar-refractivity contribution in [2.45, 2.75) is 0 Å². The van der Waals surface area contributed by atoms with Crippen LogP contribution < -0.4 is 0 Å². The number of Topliss-reactive ketones (excluding diaryl/α,β-unsaturated/α-hetero) is 1. The molecule has 1 rings (SSSR count). The second kappa shape index (κ2) is 4.28. The third-order valence-electron chi connectivity index (χ3n) is 1.43. The van der Waals surface area contributed by atoms with Gasteiger partial charge in [0.05, 0.1) is 9.80 Å². The number of halogens is 4. The SMILES string of the molecule is O=C(CBr)c1cc(F)c(F)c(Br)c1. The molecule has 0 fully saturated rings. The number of rotatable bonds is 2. The first-order valence-electron chi connectivity index (χ1n) is 3.30. The van der Waals surface area contributed by atoms with Crippen molar-refractivity contribution in [2.75, 3.05) is 5.33 Å². The molecule has 0 spiro atoms. The Morgan fingerprint density at radius 1 is 1.38 bits per heavy atom. The van der Waals surface area contributed by atoms with Gasteiger partial charge in [-0.05, 0) is 28.1 Å². The Hall–Kier alpha value is -0.290. The average Bonchev–Trinajstić information content (AvgIpc) is 2.12. The molecule has 1 aromatic rings. The van der Waals surface area contributed by atoms with Gasteiger partial charge in [-0.25, -0.2) is 8.78 Å². The quantitative estimate of drug-likeness (QED) is 0.465. The average molecular weight is 314 g/mol. The summed E-state index contributed by atoms with van der Waals surface area (Å²) in [6.45, 7) is 0. The molecule has 0 aliphatic heterocycles. The summed E-state index contributed by atoms with van der Waals surface area (Å²) in [5, 5.41) is 0.0878. The van der Waals surface area contributed by atoms with E-state index in [1.165, 1.54) is 6.07 Å². The van der Waals surface area contributed by atoms with E-state index in [4.69, 9.17) is 0 Å². The summed E-state index contributed by atoms with van der Waals surface area (Å²) in [5.41, 5.74) is 0.141. The lowest BCUT2D eigenvalue weighted by atomic mass is 10.1. The molecule has 1 aromatic carbocycles. The van der Waals surface area contributed by atoms with Crippen molar-refractivity contribution in [1.29, 1.82) is 0 Å². The van der Waals surface area contributed by atoms with E-state index in [2.05, 4.69) is 31.9 Å². The van der Waals surface area contributed by atoms with E-state index >= 15 is 0 Å². The molecule has 0 unspecified atom stereocenters. The minimum absolute atomic E-state index is 0.0446. The molecule has 0 aromatic heterocycles. The van der Waals surface area contributed by atoms with Gasteiger partial charge in [0.2, 0.25) is 0 Å². The summed E-state index contributed by atoms with van der Waals surface area (Å²) in [6.07, 6.45) is 0. The smallest absolute Gasteiger partial charge is 0.173 e. The van der Waals surface area contributed by atoms with Gasteiger partial charge in [0.25, 0.3) is 0 Å². The summed E-state index contributed by atoms with van der Waals surface area (Å²) >= 11 is 5.75. The molecule has 0 saturated heterocycles. The van der Waals surface area contributed by atoms with Crippen LogP contribution in [0.5, 0.6) is 0 Å². The van der Waals surface area contributed by atoms with E-state index in [1.807, 2.05) is 0 Å². The third-order valence-corrected chi connectivity index (χ3v) is 2.51. The molecule has 0 bridgehead atoms. The van der Waals surface area contributed by atoms with Crippen LogP contribution in [-0.2, 0) is 0 Å². The highest BCUT2D eigenvalue weighted by molar-refractivity contribution is 9.10. The van der Waals surface area contributed by atoms with Crippen LogP contribution in [0.15, 0.2) is 16.6 Å². The van der Waals surface area contributed by atoms with Gasteiger partial charge in [-0.1, -0.05) is 15.9 Å². The number of hydrogen-bond donors (Lipinski definition) is 0. The predicted molar refractivity (Wildman–Crippen MR) is 52.2 cm³/mol. The lowest BCUT2D eigenvalue weighted by Crippen LogP contribution is -2.02. The summed E-state index contributed by atoms with van der Waals surface area (Å²) in [7, 11) is 0. The van der Waals surface area contributed by atoms with Crippen LogP contribution in [0, 0.1) is 11.6 Å². The van der Waals surface area contributed by atoms with Crippen LogP contribution in [0.4, 0.5) is 8.78 Å². The van der Waals surface area contributed by atoms with Crippen molar-refractivity contribution >= 4 is 37.6 Å². The van der Waals surface area contributed by atoms with Crippen LogP contribution in [0.2, 0.25) is 0 Å². The molecule has 13 heavy (non-hydrogen) atoms. The van der Waals surface area contributed by atoms with Crippen molar-refractivity contribution in [2.24, 2.45) is 0 Å². The minimum atomic E-state index is -1.03. The third kappa shape index (κ3) is 2.34. The lowest BCUT2D eigenvalue weighted by molar-refractivity contribution is 0.102. The maximum atomic E-state index is 12.8. The second-order valence-corrected chi connectivity index (χ2v) is 3.73. The normalized spacial score (nSPS) is 10.2. The van der Waals surface area contributed by atoms with Crippen molar-refractivity contribution in [1.82, 2.24) is 0 Å². The standard InChI is InChI=1S/C8H4Br2F2O/c9-3-7(13)4-1-5(10)8(12)6(11)2-4/h1-2H,3H2. The van der Waals surface area contributed by atoms with E-state index in [9.17, 15) is 13.6 Å². The van der Waals surface area contributed by atoms with Crippen molar-refractivity contribution < 1.29 is 13.6 Å².